The van der Waals surface area contributed by atoms with Crippen molar-refractivity contribution < 1.29 is 9.84 Å². The predicted octanol–water partition coefficient (Wildman–Crippen LogP) is 1.56. The first kappa shape index (κ1) is 11.0. The molecule has 2 unspecified atom stereocenters. The third kappa shape index (κ3) is 2.95. The van der Waals surface area contributed by atoms with E-state index < -0.39 is 12.2 Å². The minimum atomic E-state index is -0.737. The van der Waals surface area contributed by atoms with E-state index in [0.717, 1.165) is 11.7 Å². The fourth-order valence-electron chi connectivity index (χ4n) is 0.620. The van der Waals surface area contributed by atoms with Crippen LogP contribution < -0.4 is 4.74 Å². The molecule has 0 aliphatic heterocycles. The summed E-state index contributed by atoms with van der Waals surface area (Å²) in [7, 11) is 0. The molecule has 2 atom stereocenters. The van der Waals surface area contributed by atoms with Gasteiger partial charge in [-0.1, -0.05) is 11.6 Å². The Kier molecular flexibility index (Phi) is 4.18. The average Bonchev–Trinajstić information content (AvgIpc) is 2.50. The lowest BCUT2D eigenvalue weighted by molar-refractivity contribution is 0.0603. The van der Waals surface area contributed by atoms with E-state index in [9.17, 15) is 5.11 Å². The van der Waals surface area contributed by atoms with E-state index in [1.807, 2.05) is 0 Å². The largest absolute Gasteiger partial charge is 0.469 e. The minimum Gasteiger partial charge on any atom is -0.469 e. The number of ether oxygens (including phenoxy) is 1. The minimum absolute atomic E-state index is 0.107. The molecular formula is C6H8Cl2N2O2S. The topological polar surface area (TPSA) is 55.2 Å². The van der Waals surface area contributed by atoms with Crippen LogP contribution in [0.5, 0.6) is 5.88 Å². The highest BCUT2D eigenvalue weighted by Crippen LogP contribution is 2.22. The van der Waals surface area contributed by atoms with Crippen molar-refractivity contribution in [2.75, 3.05) is 5.88 Å². The Morgan fingerprint density at radius 1 is 1.62 bits per heavy atom. The van der Waals surface area contributed by atoms with Gasteiger partial charge in [-0.25, -0.2) is 0 Å². The third-order valence-corrected chi connectivity index (χ3v) is 2.59. The Labute approximate surface area is 89.8 Å². The lowest BCUT2D eigenvalue weighted by Gasteiger charge is -2.16. The first-order chi connectivity index (χ1) is 6.15. The first-order valence-electron chi connectivity index (χ1n) is 3.54. The highest BCUT2D eigenvalue weighted by atomic mass is 35.5. The molecule has 0 radical (unpaired) electrons. The van der Waals surface area contributed by atoms with Gasteiger partial charge in [0.1, 0.15) is 12.2 Å². The molecule has 0 aromatic carbocycles. The van der Waals surface area contributed by atoms with Gasteiger partial charge in [0.15, 0.2) is 0 Å². The third-order valence-electron chi connectivity index (χ3n) is 1.42. The molecule has 0 fully saturated rings. The monoisotopic (exact) mass is 242 g/mol. The fourth-order valence-corrected chi connectivity index (χ4v) is 1.49. The van der Waals surface area contributed by atoms with Gasteiger partial charge in [-0.3, -0.25) is 0 Å². The van der Waals surface area contributed by atoms with E-state index in [-0.39, 0.29) is 16.9 Å². The van der Waals surface area contributed by atoms with E-state index in [0.29, 0.717) is 0 Å². The van der Waals surface area contributed by atoms with Crippen molar-refractivity contribution in [3.63, 3.8) is 0 Å². The molecule has 7 heteroatoms. The summed E-state index contributed by atoms with van der Waals surface area (Å²) < 4.78 is 12.7. The smallest absolute Gasteiger partial charge is 0.265 e. The van der Waals surface area contributed by atoms with Gasteiger partial charge < -0.3 is 9.84 Å². The molecule has 1 heterocycles. The van der Waals surface area contributed by atoms with Crippen LogP contribution in [0.15, 0.2) is 0 Å². The molecule has 1 rings (SSSR count). The van der Waals surface area contributed by atoms with E-state index in [1.54, 1.807) is 6.92 Å². The Morgan fingerprint density at radius 3 is 2.77 bits per heavy atom. The van der Waals surface area contributed by atoms with Gasteiger partial charge in [0.25, 0.3) is 5.88 Å². The predicted molar refractivity (Wildman–Crippen MR) is 51.7 cm³/mol. The highest BCUT2D eigenvalue weighted by Gasteiger charge is 2.17. The van der Waals surface area contributed by atoms with Crippen molar-refractivity contribution >= 4 is 34.9 Å². The van der Waals surface area contributed by atoms with Gasteiger partial charge in [-0.15, -0.1) is 16.0 Å². The van der Waals surface area contributed by atoms with Crippen molar-refractivity contribution in [3.05, 3.63) is 5.15 Å². The molecule has 74 valence electrons. The fraction of sp³-hybridized carbons (Fsp3) is 0.667. The normalized spacial score (nSPS) is 15.4. The summed E-state index contributed by atoms with van der Waals surface area (Å²) in [6.07, 6.45) is -1.18. The Balaban J connectivity index is 2.54. The van der Waals surface area contributed by atoms with Crippen LogP contribution in [-0.2, 0) is 0 Å². The van der Waals surface area contributed by atoms with Crippen molar-refractivity contribution in [2.24, 2.45) is 0 Å². The number of rotatable bonds is 4. The van der Waals surface area contributed by atoms with Crippen LogP contribution in [0.1, 0.15) is 6.92 Å². The van der Waals surface area contributed by atoms with Crippen LogP contribution in [0.25, 0.3) is 0 Å². The van der Waals surface area contributed by atoms with Crippen molar-refractivity contribution in [3.8, 4) is 5.88 Å². The second-order valence-electron chi connectivity index (χ2n) is 2.40. The van der Waals surface area contributed by atoms with Gasteiger partial charge in [-0.05, 0) is 6.92 Å². The molecular weight excluding hydrogens is 235 g/mol. The molecule has 0 spiro atoms. The summed E-state index contributed by atoms with van der Waals surface area (Å²) in [5, 5.41) is 9.48. The quantitative estimate of drug-likeness (QED) is 0.815. The van der Waals surface area contributed by atoms with Crippen molar-refractivity contribution in [2.45, 2.75) is 19.1 Å². The van der Waals surface area contributed by atoms with Gasteiger partial charge in [-0.2, -0.15) is 4.37 Å². The maximum absolute atomic E-state index is 9.27. The Morgan fingerprint density at radius 2 is 2.31 bits per heavy atom. The number of hydrogen-bond acceptors (Lipinski definition) is 5. The van der Waals surface area contributed by atoms with Gasteiger partial charge in [0, 0.05) is 0 Å². The summed E-state index contributed by atoms with van der Waals surface area (Å²) in [6, 6.07) is 0. The van der Waals surface area contributed by atoms with E-state index in [2.05, 4.69) is 8.75 Å². The van der Waals surface area contributed by atoms with Crippen molar-refractivity contribution in [1.29, 1.82) is 0 Å². The number of aliphatic hydroxyl groups excluding tert-OH is 1. The lowest BCUT2D eigenvalue weighted by atomic mass is 10.2. The molecule has 1 aromatic rings. The number of halogens is 2. The van der Waals surface area contributed by atoms with Crippen LogP contribution in [0.3, 0.4) is 0 Å². The van der Waals surface area contributed by atoms with Crippen LogP contribution in [0.4, 0.5) is 0 Å². The number of aliphatic hydroxyl groups is 1. The summed E-state index contributed by atoms with van der Waals surface area (Å²) >= 11 is 12.0. The molecule has 13 heavy (non-hydrogen) atoms. The maximum atomic E-state index is 9.27. The standard InChI is InChI=1S/C6H8Cl2N2O2S/c1-3(4(11)2-7)12-6-5(8)9-13-10-6/h3-4,11H,2H2,1H3. The summed E-state index contributed by atoms with van der Waals surface area (Å²) in [6.45, 7) is 1.68. The van der Waals surface area contributed by atoms with Crippen LogP contribution in [-0.4, -0.2) is 31.9 Å². The molecule has 0 aliphatic rings. The molecule has 0 bridgehead atoms. The Hall–Kier alpha value is -0.100. The number of nitrogens with zero attached hydrogens (tertiary/aromatic N) is 2. The Bertz CT molecular complexity index is 271. The molecule has 0 amide bonds. The highest BCUT2D eigenvalue weighted by molar-refractivity contribution is 6.99. The van der Waals surface area contributed by atoms with Gasteiger partial charge >= 0.3 is 0 Å². The molecule has 1 aromatic heterocycles. The number of alkyl halides is 1. The first-order valence-corrected chi connectivity index (χ1v) is 5.18. The van der Waals surface area contributed by atoms with Crippen LogP contribution >= 0.6 is 34.9 Å². The second-order valence-corrected chi connectivity index (χ2v) is 3.60. The van der Waals surface area contributed by atoms with Gasteiger partial charge in [0.05, 0.1) is 17.6 Å². The van der Waals surface area contributed by atoms with Crippen LogP contribution in [0, 0.1) is 0 Å². The molecule has 0 saturated heterocycles. The molecule has 0 saturated carbocycles. The van der Waals surface area contributed by atoms with E-state index in [1.165, 1.54) is 0 Å². The van der Waals surface area contributed by atoms with Crippen molar-refractivity contribution in [1.82, 2.24) is 8.75 Å². The zero-order chi connectivity index (χ0) is 9.84. The second kappa shape index (κ2) is 4.95. The number of aromatic nitrogens is 2. The maximum Gasteiger partial charge on any atom is 0.265 e. The van der Waals surface area contributed by atoms with Crippen LogP contribution in [0.2, 0.25) is 5.15 Å². The summed E-state index contributed by atoms with van der Waals surface area (Å²) in [5.41, 5.74) is 0. The number of hydrogen-bond donors (Lipinski definition) is 1. The summed E-state index contributed by atoms with van der Waals surface area (Å²) in [5.74, 6) is 0.347. The molecule has 0 aliphatic carbocycles. The van der Waals surface area contributed by atoms with E-state index >= 15 is 0 Å². The average molecular weight is 243 g/mol. The van der Waals surface area contributed by atoms with Gasteiger partial charge in [0.2, 0.25) is 5.15 Å². The van der Waals surface area contributed by atoms with E-state index in [4.69, 9.17) is 27.9 Å². The SMILES string of the molecule is CC(Oc1nsnc1Cl)C(O)CCl. The molecule has 4 nitrogen and oxygen atoms in total. The summed E-state index contributed by atoms with van der Waals surface area (Å²) in [4.78, 5) is 0. The zero-order valence-corrected chi connectivity index (χ0v) is 9.10. The zero-order valence-electron chi connectivity index (χ0n) is 6.78. The lowest BCUT2D eigenvalue weighted by Crippen LogP contribution is -2.30. The molecule has 1 N–H and O–H groups in total.